The summed E-state index contributed by atoms with van der Waals surface area (Å²) in [4.78, 5) is 13.9. The Labute approximate surface area is 164 Å². The summed E-state index contributed by atoms with van der Waals surface area (Å²) in [5.74, 6) is 0.643. The average molecular weight is 373 g/mol. The summed E-state index contributed by atoms with van der Waals surface area (Å²) in [7, 11) is 0. The lowest BCUT2D eigenvalue weighted by atomic mass is 10.2. The van der Waals surface area contributed by atoms with Gasteiger partial charge in [-0.25, -0.2) is 9.97 Å². The highest BCUT2D eigenvalue weighted by molar-refractivity contribution is 5.71. The molecule has 1 aromatic carbocycles. The molecule has 0 aliphatic carbocycles. The fraction of sp³-hybridized carbons (Fsp3) is 0.381. The minimum Gasteiger partial charge on any atom is -0.366 e. The van der Waals surface area contributed by atoms with E-state index >= 15 is 0 Å². The van der Waals surface area contributed by atoms with Gasteiger partial charge in [-0.1, -0.05) is 0 Å². The summed E-state index contributed by atoms with van der Waals surface area (Å²) < 4.78 is 1.74. The van der Waals surface area contributed by atoms with Crippen molar-refractivity contribution >= 4 is 22.8 Å². The topological polar surface area (TPSA) is 72.5 Å². The van der Waals surface area contributed by atoms with Crippen LogP contribution in [0.3, 0.4) is 0 Å². The van der Waals surface area contributed by atoms with Crippen LogP contribution in [0.2, 0.25) is 0 Å². The summed E-state index contributed by atoms with van der Waals surface area (Å²) in [5.41, 5.74) is 3.35. The van der Waals surface area contributed by atoms with Crippen LogP contribution in [0.5, 0.6) is 0 Å². The van der Waals surface area contributed by atoms with Crippen LogP contribution in [0.4, 0.5) is 17.2 Å². The van der Waals surface area contributed by atoms with Gasteiger partial charge >= 0.3 is 0 Å². The number of benzene rings is 1. The van der Waals surface area contributed by atoms with Gasteiger partial charge in [-0.05, 0) is 44.5 Å². The van der Waals surface area contributed by atoms with Crippen molar-refractivity contribution in [3.05, 3.63) is 48.5 Å². The van der Waals surface area contributed by atoms with Gasteiger partial charge in [0.1, 0.15) is 11.8 Å². The molecule has 2 fully saturated rings. The molecule has 1 N–H and O–H groups in total. The molecular weight excluding hydrogens is 350 g/mol. The van der Waals surface area contributed by atoms with E-state index in [1.165, 1.54) is 12.1 Å². The number of fused-ring (bicyclic) bond motifs is 3. The standard InChI is InChI=1S/C21H23N7/c1-14(2)27-12-18-9-17(27)13-28(18)16-5-3-15(4-6-16)25-20-21-23-7-8-26(21)19(10-22)11-24-20/h3-8,11,14,17-18H,9,12-13H2,1-2H3,(H,24,25)/t17-,18-/m0/s1. The van der Waals surface area contributed by atoms with Crippen molar-refractivity contribution in [2.45, 2.75) is 38.4 Å². The second-order valence-corrected chi connectivity index (χ2v) is 7.88. The van der Waals surface area contributed by atoms with Crippen LogP contribution in [0, 0.1) is 11.3 Å². The lowest BCUT2D eigenvalue weighted by molar-refractivity contribution is 0.191. The zero-order valence-corrected chi connectivity index (χ0v) is 16.1. The Hall–Kier alpha value is -3.11. The molecule has 2 aromatic heterocycles. The molecule has 2 saturated heterocycles. The Kier molecular flexibility index (Phi) is 3.95. The van der Waals surface area contributed by atoms with Crippen LogP contribution >= 0.6 is 0 Å². The van der Waals surface area contributed by atoms with E-state index in [1.807, 2.05) is 0 Å². The lowest BCUT2D eigenvalue weighted by Gasteiger charge is -2.37. The van der Waals surface area contributed by atoms with Gasteiger partial charge < -0.3 is 10.2 Å². The Balaban J connectivity index is 1.33. The second kappa shape index (κ2) is 6.50. The fourth-order valence-corrected chi connectivity index (χ4v) is 4.61. The van der Waals surface area contributed by atoms with Gasteiger partial charge in [-0.3, -0.25) is 9.30 Å². The molecule has 28 heavy (non-hydrogen) atoms. The van der Waals surface area contributed by atoms with Gasteiger partial charge in [0, 0.05) is 55.0 Å². The number of hydrogen-bond donors (Lipinski definition) is 1. The molecule has 0 amide bonds. The molecule has 0 saturated carbocycles. The maximum absolute atomic E-state index is 9.19. The third kappa shape index (κ3) is 2.69. The van der Waals surface area contributed by atoms with Crippen LogP contribution < -0.4 is 10.2 Å². The van der Waals surface area contributed by atoms with E-state index in [0.29, 0.717) is 35.3 Å². The average Bonchev–Trinajstić information content (AvgIpc) is 3.44. The molecular formula is C21H23N7. The summed E-state index contributed by atoms with van der Waals surface area (Å²) in [6.07, 6.45) is 6.28. The molecule has 2 aliphatic rings. The third-order valence-electron chi connectivity index (χ3n) is 5.95. The van der Waals surface area contributed by atoms with Crippen molar-refractivity contribution in [3.63, 3.8) is 0 Å². The lowest BCUT2D eigenvalue weighted by Crippen LogP contribution is -2.48. The Morgan fingerprint density at radius 3 is 2.64 bits per heavy atom. The van der Waals surface area contributed by atoms with Crippen LogP contribution in [0.25, 0.3) is 5.65 Å². The smallest absolute Gasteiger partial charge is 0.181 e. The minimum atomic E-state index is 0.466. The van der Waals surface area contributed by atoms with E-state index in [9.17, 15) is 5.26 Å². The highest BCUT2D eigenvalue weighted by atomic mass is 15.4. The quantitative estimate of drug-likeness (QED) is 0.758. The number of anilines is 3. The van der Waals surface area contributed by atoms with Crippen molar-refractivity contribution in [2.24, 2.45) is 0 Å². The van der Waals surface area contributed by atoms with E-state index in [2.05, 4.69) is 69.3 Å². The summed E-state index contributed by atoms with van der Waals surface area (Å²) in [5, 5.41) is 12.5. The monoisotopic (exact) mass is 373 g/mol. The molecule has 2 aliphatic heterocycles. The van der Waals surface area contributed by atoms with Crippen LogP contribution in [0.1, 0.15) is 26.0 Å². The molecule has 7 nitrogen and oxygen atoms in total. The van der Waals surface area contributed by atoms with Gasteiger partial charge in [0.2, 0.25) is 0 Å². The van der Waals surface area contributed by atoms with Gasteiger partial charge in [-0.2, -0.15) is 5.26 Å². The van der Waals surface area contributed by atoms with Crippen LogP contribution in [-0.2, 0) is 0 Å². The number of hydrogen-bond acceptors (Lipinski definition) is 6. The highest BCUT2D eigenvalue weighted by Crippen LogP contribution is 2.36. The molecule has 0 unspecified atom stereocenters. The van der Waals surface area contributed by atoms with E-state index in [4.69, 9.17) is 0 Å². The summed E-state index contributed by atoms with van der Waals surface area (Å²) in [6, 6.07) is 12.6. The Bertz CT molecular complexity index is 1050. The molecule has 3 aromatic rings. The normalized spacial score (nSPS) is 21.6. The minimum absolute atomic E-state index is 0.466. The van der Waals surface area contributed by atoms with E-state index in [0.717, 1.165) is 18.8 Å². The molecule has 0 radical (unpaired) electrons. The van der Waals surface area contributed by atoms with E-state index < -0.39 is 0 Å². The predicted octanol–water partition coefficient (Wildman–Crippen LogP) is 3.02. The number of aromatic nitrogens is 3. The highest BCUT2D eigenvalue weighted by Gasteiger charge is 2.43. The Morgan fingerprint density at radius 1 is 1.14 bits per heavy atom. The number of nitrogens with one attached hydrogen (secondary N) is 1. The zero-order chi connectivity index (χ0) is 19.3. The number of imidazole rings is 1. The second-order valence-electron chi connectivity index (χ2n) is 7.88. The molecule has 2 bridgehead atoms. The van der Waals surface area contributed by atoms with Crippen LogP contribution in [0.15, 0.2) is 42.9 Å². The first-order valence-corrected chi connectivity index (χ1v) is 9.75. The fourth-order valence-electron chi connectivity index (χ4n) is 4.61. The number of nitriles is 1. The maximum atomic E-state index is 9.19. The van der Waals surface area contributed by atoms with Gasteiger partial charge in [0.25, 0.3) is 0 Å². The first-order valence-electron chi connectivity index (χ1n) is 9.75. The molecule has 5 rings (SSSR count). The summed E-state index contributed by atoms with van der Waals surface area (Å²) >= 11 is 0. The number of nitrogens with zero attached hydrogens (tertiary/aromatic N) is 6. The van der Waals surface area contributed by atoms with Crippen molar-refractivity contribution in [3.8, 4) is 6.07 Å². The summed E-state index contributed by atoms with van der Waals surface area (Å²) in [6.45, 7) is 6.86. The van der Waals surface area contributed by atoms with Gasteiger partial charge in [-0.15, -0.1) is 0 Å². The number of rotatable bonds is 4. The first kappa shape index (κ1) is 17.0. The zero-order valence-electron chi connectivity index (χ0n) is 16.1. The number of likely N-dealkylation sites (tertiary alicyclic amines) is 1. The van der Waals surface area contributed by atoms with Crippen molar-refractivity contribution in [2.75, 3.05) is 23.3 Å². The van der Waals surface area contributed by atoms with Crippen molar-refractivity contribution in [1.82, 2.24) is 19.3 Å². The van der Waals surface area contributed by atoms with Gasteiger partial charge in [0.15, 0.2) is 11.5 Å². The first-order chi connectivity index (χ1) is 13.6. The molecule has 4 heterocycles. The van der Waals surface area contributed by atoms with Gasteiger partial charge in [0.05, 0.1) is 6.20 Å². The molecule has 0 spiro atoms. The van der Waals surface area contributed by atoms with E-state index in [-0.39, 0.29) is 0 Å². The Morgan fingerprint density at radius 2 is 1.96 bits per heavy atom. The predicted molar refractivity (Wildman–Crippen MR) is 109 cm³/mol. The third-order valence-corrected chi connectivity index (χ3v) is 5.95. The SMILES string of the molecule is CC(C)N1C[C@@H]2C[C@H]1CN2c1ccc(Nc2ncc(C#N)n3ccnc23)cc1. The maximum Gasteiger partial charge on any atom is 0.181 e. The van der Waals surface area contributed by atoms with Crippen molar-refractivity contribution in [1.29, 1.82) is 5.26 Å². The van der Waals surface area contributed by atoms with Crippen LogP contribution in [-0.4, -0.2) is 50.5 Å². The molecule has 2 atom stereocenters. The number of piperazine rings is 1. The largest absolute Gasteiger partial charge is 0.366 e. The molecule has 142 valence electrons. The molecule has 7 heteroatoms. The van der Waals surface area contributed by atoms with Crippen molar-refractivity contribution < 1.29 is 0 Å². The van der Waals surface area contributed by atoms with E-state index in [1.54, 1.807) is 23.0 Å².